The molecular formula is C23H16F2N6O. The molecule has 1 aromatic heterocycles. The number of imidazole rings is 1. The SMILES string of the molecule is Cc1cc(O)ccc1-c1ccc(Cn2cnc3nc(-c4cccc(F)c4F)nc-3c2)nn1. The Labute approximate surface area is 181 Å². The van der Waals surface area contributed by atoms with Gasteiger partial charge in [-0.25, -0.2) is 23.7 Å². The minimum absolute atomic E-state index is 0.0134. The highest BCUT2D eigenvalue weighted by Gasteiger charge is 2.18. The number of aromatic hydroxyl groups is 1. The lowest BCUT2D eigenvalue weighted by Crippen LogP contribution is -2.05. The molecule has 2 aliphatic heterocycles. The first-order valence-corrected chi connectivity index (χ1v) is 9.74. The Kier molecular flexibility index (Phi) is 4.78. The molecule has 3 aromatic rings. The number of halogens is 2. The van der Waals surface area contributed by atoms with Gasteiger partial charge >= 0.3 is 0 Å². The maximum atomic E-state index is 14.1. The molecule has 158 valence electrons. The third-order valence-electron chi connectivity index (χ3n) is 5.03. The molecule has 32 heavy (non-hydrogen) atoms. The molecule has 0 saturated carbocycles. The molecule has 5 rings (SSSR count). The first-order chi connectivity index (χ1) is 15.5. The van der Waals surface area contributed by atoms with Crippen molar-refractivity contribution in [1.82, 2.24) is 29.7 Å². The van der Waals surface area contributed by atoms with E-state index in [2.05, 4.69) is 25.1 Å². The molecule has 9 heteroatoms. The van der Waals surface area contributed by atoms with Crippen LogP contribution in [0.4, 0.5) is 8.78 Å². The van der Waals surface area contributed by atoms with Crippen molar-refractivity contribution < 1.29 is 13.9 Å². The van der Waals surface area contributed by atoms with Crippen LogP contribution in [0.25, 0.3) is 34.2 Å². The number of phenolic OH excluding ortho intramolecular Hbond substituents is 1. The minimum atomic E-state index is -0.991. The van der Waals surface area contributed by atoms with Crippen molar-refractivity contribution >= 4 is 0 Å². The highest BCUT2D eigenvalue weighted by Crippen LogP contribution is 2.27. The smallest absolute Gasteiger partial charge is 0.183 e. The van der Waals surface area contributed by atoms with Crippen LogP contribution in [0, 0.1) is 18.6 Å². The van der Waals surface area contributed by atoms with Crippen LogP contribution in [-0.4, -0.2) is 34.8 Å². The third-order valence-corrected chi connectivity index (χ3v) is 5.03. The summed E-state index contributed by atoms with van der Waals surface area (Å²) in [6.45, 7) is 2.29. The number of fused-ring (bicyclic) bond motifs is 1. The van der Waals surface area contributed by atoms with Gasteiger partial charge in [0.05, 0.1) is 29.8 Å². The van der Waals surface area contributed by atoms with Crippen LogP contribution in [0.15, 0.2) is 61.1 Å². The van der Waals surface area contributed by atoms with Crippen molar-refractivity contribution in [2.45, 2.75) is 13.5 Å². The molecule has 2 aromatic carbocycles. The van der Waals surface area contributed by atoms with Crippen LogP contribution < -0.4 is 0 Å². The van der Waals surface area contributed by atoms with Crippen LogP contribution in [0.1, 0.15) is 11.3 Å². The van der Waals surface area contributed by atoms with Gasteiger partial charge in [-0.1, -0.05) is 6.07 Å². The number of nitrogens with zero attached hydrogens (tertiary/aromatic N) is 6. The molecule has 3 heterocycles. The van der Waals surface area contributed by atoms with Gasteiger partial charge in [-0.3, -0.25) is 0 Å². The summed E-state index contributed by atoms with van der Waals surface area (Å²) in [5, 5.41) is 18.1. The molecule has 0 amide bonds. The second-order valence-electron chi connectivity index (χ2n) is 7.31. The molecule has 0 fully saturated rings. The summed E-state index contributed by atoms with van der Waals surface area (Å²) >= 11 is 0. The van der Waals surface area contributed by atoms with E-state index in [1.807, 2.05) is 19.1 Å². The average Bonchev–Trinajstić information content (AvgIpc) is 3.19. The van der Waals surface area contributed by atoms with Gasteiger partial charge in [-0.15, -0.1) is 0 Å². The van der Waals surface area contributed by atoms with E-state index in [9.17, 15) is 13.9 Å². The number of hydrogen-bond donors (Lipinski definition) is 1. The largest absolute Gasteiger partial charge is 0.508 e. The zero-order valence-corrected chi connectivity index (χ0v) is 16.9. The van der Waals surface area contributed by atoms with Gasteiger partial charge < -0.3 is 9.67 Å². The summed E-state index contributed by atoms with van der Waals surface area (Å²) in [7, 11) is 0. The molecule has 1 N–H and O–H groups in total. The van der Waals surface area contributed by atoms with Crippen molar-refractivity contribution in [1.29, 1.82) is 0 Å². The summed E-state index contributed by atoms with van der Waals surface area (Å²) in [6, 6.07) is 12.7. The van der Waals surface area contributed by atoms with E-state index in [-0.39, 0.29) is 17.1 Å². The van der Waals surface area contributed by atoms with Gasteiger partial charge in [-0.2, -0.15) is 10.2 Å². The number of aryl methyl sites for hydroxylation is 1. The Morgan fingerprint density at radius 1 is 0.906 bits per heavy atom. The summed E-state index contributed by atoms with van der Waals surface area (Å²) in [5.41, 5.74) is 3.63. The van der Waals surface area contributed by atoms with E-state index in [0.717, 1.165) is 17.2 Å². The molecule has 0 unspecified atom stereocenters. The van der Waals surface area contributed by atoms with Crippen molar-refractivity contribution in [2.24, 2.45) is 0 Å². The van der Waals surface area contributed by atoms with Gasteiger partial charge in [0.25, 0.3) is 0 Å². The van der Waals surface area contributed by atoms with Crippen molar-refractivity contribution in [3.63, 3.8) is 0 Å². The number of rotatable bonds is 4. The maximum Gasteiger partial charge on any atom is 0.183 e. The Morgan fingerprint density at radius 3 is 2.56 bits per heavy atom. The fraction of sp³-hybridized carbons (Fsp3) is 0.0870. The first-order valence-electron chi connectivity index (χ1n) is 9.74. The normalized spacial score (nSPS) is 11.2. The maximum absolute atomic E-state index is 14.1. The molecule has 0 spiro atoms. The Bertz CT molecular complexity index is 1400. The predicted molar refractivity (Wildman–Crippen MR) is 113 cm³/mol. The molecule has 7 nitrogen and oxygen atoms in total. The van der Waals surface area contributed by atoms with E-state index < -0.39 is 11.6 Å². The molecule has 0 aliphatic carbocycles. The van der Waals surface area contributed by atoms with Crippen molar-refractivity contribution in [3.05, 3.63) is 83.9 Å². The van der Waals surface area contributed by atoms with Crippen LogP contribution in [-0.2, 0) is 6.54 Å². The second kappa shape index (κ2) is 7.77. The van der Waals surface area contributed by atoms with E-state index in [1.54, 1.807) is 35.3 Å². The lowest BCUT2D eigenvalue weighted by atomic mass is 10.1. The van der Waals surface area contributed by atoms with Gasteiger partial charge in [0.1, 0.15) is 11.4 Å². The van der Waals surface area contributed by atoms with Crippen LogP contribution in [0.5, 0.6) is 5.75 Å². The van der Waals surface area contributed by atoms with E-state index in [1.165, 1.54) is 12.1 Å². The molecule has 2 aliphatic rings. The topological polar surface area (TPSA) is 89.6 Å². The molecule has 0 radical (unpaired) electrons. The highest BCUT2D eigenvalue weighted by molar-refractivity contribution is 5.65. The monoisotopic (exact) mass is 430 g/mol. The minimum Gasteiger partial charge on any atom is -0.508 e. The van der Waals surface area contributed by atoms with Crippen LogP contribution in [0.3, 0.4) is 0 Å². The summed E-state index contributed by atoms with van der Waals surface area (Å²) < 4.78 is 29.4. The third kappa shape index (κ3) is 3.64. The van der Waals surface area contributed by atoms with Gasteiger partial charge in [-0.05, 0) is 55.0 Å². The van der Waals surface area contributed by atoms with E-state index in [4.69, 9.17) is 0 Å². The lowest BCUT2D eigenvalue weighted by Gasteiger charge is -2.08. The predicted octanol–water partition coefficient (Wildman–Crippen LogP) is 4.24. The fourth-order valence-corrected chi connectivity index (χ4v) is 3.44. The highest BCUT2D eigenvalue weighted by atomic mass is 19.2. The first kappa shape index (κ1) is 19.7. The number of hydrogen-bond acceptors (Lipinski definition) is 6. The van der Waals surface area contributed by atoms with Gasteiger partial charge in [0, 0.05) is 11.8 Å². The molecular weight excluding hydrogens is 414 g/mol. The average molecular weight is 430 g/mol. The zero-order valence-electron chi connectivity index (χ0n) is 16.9. The standard InChI is InChI=1S/C23H16F2N6O/c1-13-9-15(32)6-7-16(13)19-8-5-14(29-30-19)10-31-11-20-23(26-12-31)28-22(27-20)17-3-2-4-18(24)21(17)25/h2-9,11-12,32H,10H2,1H3. The Hall–Kier alpha value is -4.27. The quantitative estimate of drug-likeness (QED) is 0.459. The van der Waals surface area contributed by atoms with Crippen LogP contribution in [0.2, 0.25) is 0 Å². The number of benzene rings is 2. The summed E-state index contributed by atoms with van der Waals surface area (Å²) in [6.07, 6.45) is 3.29. The number of phenols is 1. The second-order valence-corrected chi connectivity index (χ2v) is 7.31. The molecule has 0 atom stereocenters. The number of aromatic nitrogens is 6. The lowest BCUT2D eigenvalue weighted by molar-refractivity contribution is 0.475. The van der Waals surface area contributed by atoms with E-state index >= 15 is 0 Å². The Balaban J connectivity index is 1.40. The molecule has 0 saturated heterocycles. The van der Waals surface area contributed by atoms with Crippen molar-refractivity contribution in [3.8, 4) is 39.9 Å². The Morgan fingerprint density at radius 2 is 1.78 bits per heavy atom. The summed E-state index contributed by atoms with van der Waals surface area (Å²) in [4.78, 5) is 12.8. The van der Waals surface area contributed by atoms with Gasteiger partial charge in [0.2, 0.25) is 0 Å². The fourth-order valence-electron chi connectivity index (χ4n) is 3.44. The van der Waals surface area contributed by atoms with Crippen molar-refractivity contribution in [2.75, 3.05) is 0 Å². The van der Waals surface area contributed by atoms with E-state index in [0.29, 0.717) is 29.5 Å². The summed E-state index contributed by atoms with van der Waals surface area (Å²) in [5.74, 6) is -1.33. The van der Waals surface area contributed by atoms with Gasteiger partial charge in [0.15, 0.2) is 23.3 Å². The zero-order chi connectivity index (χ0) is 22.2. The van der Waals surface area contributed by atoms with Crippen LogP contribution >= 0.6 is 0 Å². The molecule has 0 bridgehead atoms.